The molecule has 3 rings (SSSR count). The minimum Gasteiger partial charge on any atom is -0.308 e. The van der Waals surface area contributed by atoms with E-state index in [4.69, 9.17) is 0 Å². The summed E-state index contributed by atoms with van der Waals surface area (Å²) in [5.74, 6) is -0.198. The standard InChI is InChI=1S/C17H15BrN2O3/c1-11-4-2-5-12-6-3-9-19(16(11)12)17(21)13-7-8-14(18)15(10-13)20(22)23/h2,4-5,7-8,10H,3,6,9H2,1H3. The number of nitro groups is 1. The Bertz CT molecular complexity index is 804. The molecule has 0 fully saturated rings. The largest absolute Gasteiger partial charge is 0.308 e. The van der Waals surface area contributed by atoms with Gasteiger partial charge in [0.25, 0.3) is 11.6 Å². The fourth-order valence-corrected chi connectivity index (χ4v) is 3.38. The van der Waals surface area contributed by atoms with Crippen LogP contribution in [0.5, 0.6) is 0 Å². The molecule has 1 aliphatic heterocycles. The van der Waals surface area contributed by atoms with Gasteiger partial charge in [-0.25, -0.2) is 0 Å². The van der Waals surface area contributed by atoms with Crippen LogP contribution in [0.25, 0.3) is 0 Å². The predicted octanol–water partition coefficient (Wildman–Crippen LogP) is 4.26. The molecule has 1 heterocycles. The SMILES string of the molecule is Cc1cccc2c1N(C(=O)c1ccc(Br)c([N+](=O)[O-])c1)CCC2. The molecule has 0 saturated carbocycles. The number of hydrogen-bond donors (Lipinski definition) is 0. The molecule has 23 heavy (non-hydrogen) atoms. The van der Waals surface area contributed by atoms with Gasteiger partial charge in [0.15, 0.2) is 0 Å². The summed E-state index contributed by atoms with van der Waals surface area (Å²) in [6.07, 6.45) is 1.84. The molecule has 1 aliphatic rings. The van der Waals surface area contributed by atoms with Crippen molar-refractivity contribution in [2.75, 3.05) is 11.4 Å². The molecule has 0 radical (unpaired) electrons. The summed E-state index contributed by atoms with van der Waals surface area (Å²) in [6, 6.07) is 10.5. The number of nitrogens with zero attached hydrogens (tertiary/aromatic N) is 2. The lowest BCUT2D eigenvalue weighted by Crippen LogP contribution is -2.36. The van der Waals surface area contributed by atoms with Crippen molar-refractivity contribution in [3.63, 3.8) is 0 Å². The van der Waals surface area contributed by atoms with Gasteiger partial charge in [-0.15, -0.1) is 0 Å². The molecule has 6 heteroatoms. The monoisotopic (exact) mass is 374 g/mol. The summed E-state index contributed by atoms with van der Waals surface area (Å²) in [7, 11) is 0. The number of aryl methyl sites for hydroxylation is 2. The van der Waals surface area contributed by atoms with Gasteiger partial charge in [0.2, 0.25) is 0 Å². The molecule has 0 aliphatic carbocycles. The highest BCUT2D eigenvalue weighted by Gasteiger charge is 2.26. The first-order valence-electron chi connectivity index (χ1n) is 7.33. The number of halogens is 1. The highest BCUT2D eigenvalue weighted by Crippen LogP contribution is 2.33. The smallest absolute Gasteiger partial charge is 0.284 e. The zero-order valence-corrected chi connectivity index (χ0v) is 14.2. The van der Waals surface area contributed by atoms with Crippen LogP contribution in [-0.2, 0) is 6.42 Å². The van der Waals surface area contributed by atoms with E-state index in [1.54, 1.807) is 17.0 Å². The Kier molecular flexibility index (Phi) is 4.17. The van der Waals surface area contributed by atoms with Gasteiger partial charge in [0.05, 0.1) is 15.1 Å². The molecule has 0 N–H and O–H groups in total. The van der Waals surface area contributed by atoms with Gasteiger partial charge >= 0.3 is 0 Å². The zero-order valence-electron chi connectivity index (χ0n) is 12.6. The van der Waals surface area contributed by atoms with Gasteiger partial charge in [0.1, 0.15) is 0 Å². The van der Waals surface area contributed by atoms with Crippen LogP contribution in [0.1, 0.15) is 27.9 Å². The third-order valence-corrected chi connectivity index (χ3v) is 4.72. The molecular weight excluding hydrogens is 360 g/mol. The molecule has 0 saturated heterocycles. The minimum absolute atomic E-state index is 0.0992. The number of benzene rings is 2. The topological polar surface area (TPSA) is 63.5 Å². The predicted molar refractivity (Wildman–Crippen MR) is 92.0 cm³/mol. The van der Waals surface area contributed by atoms with Crippen LogP contribution in [-0.4, -0.2) is 17.4 Å². The lowest BCUT2D eigenvalue weighted by atomic mass is 9.97. The van der Waals surface area contributed by atoms with Crippen molar-refractivity contribution in [2.45, 2.75) is 19.8 Å². The Morgan fingerprint density at radius 2 is 2.09 bits per heavy atom. The fourth-order valence-electron chi connectivity index (χ4n) is 2.99. The molecule has 2 aromatic carbocycles. The Labute approximate surface area is 142 Å². The highest BCUT2D eigenvalue weighted by molar-refractivity contribution is 9.10. The van der Waals surface area contributed by atoms with E-state index in [2.05, 4.69) is 15.9 Å². The van der Waals surface area contributed by atoms with E-state index in [9.17, 15) is 14.9 Å². The molecule has 0 aromatic heterocycles. The van der Waals surface area contributed by atoms with Gasteiger partial charge in [-0.2, -0.15) is 0 Å². The van der Waals surface area contributed by atoms with Crippen LogP contribution in [0.15, 0.2) is 40.9 Å². The van der Waals surface area contributed by atoms with E-state index in [-0.39, 0.29) is 11.6 Å². The van der Waals surface area contributed by atoms with Crippen molar-refractivity contribution in [3.8, 4) is 0 Å². The fraction of sp³-hybridized carbons (Fsp3) is 0.235. The summed E-state index contributed by atoms with van der Waals surface area (Å²) in [5, 5.41) is 11.1. The second-order valence-corrected chi connectivity index (χ2v) is 6.42. The Hall–Kier alpha value is -2.21. The van der Waals surface area contributed by atoms with Crippen LogP contribution in [0, 0.1) is 17.0 Å². The van der Waals surface area contributed by atoms with E-state index < -0.39 is 4.92 Å². The van der Waals surface area contributed by atoms with Gasteiger partial charge in [0, 0.05) is 18.2 Å². The van der Waals surface area contributed by atoms with E-state index in [1.165, 1.54) is 6.07 Å². The quantitative estimate of drug-likeness (QED) is 0.582. The normalized spacial score (nSPS) is 13.6. The van der Waals surface area contributed by atoms with E-state index in [0.717, 1.165) is 29.7 Å². The van der Waals surface area contributed by atoms with Crippen LogP contribution >= 0.6 is 15.9 Å². The molecule has 1 amide bonds. The Balaban J connectivity index is 2.03. The van der Waals surface area contributed by atoms with E-state index in [0.29, 0.717) is 16.6 Å². The second-order valence-electron chi connectivity index (χ2n) is 5.57. The maximum absolute atomic E-state index is 12.9. The molecule has 0 spiro atoms. The van der Waals surface area contributed by atoms with Crippen molar-refractivity contribution in [2.24, 2.45) is 0 Å². The van der Waals surface area contributed by atoms with Crippen LogP contribution in [0.4, 0.5) is 11.4 Å². The zero-order chi connectivity index (χ0) is 16.6. The van der Waals surface area contributed by atoms with Gasteiger partial charge in [-0.3, -0.25) is 14.9 Å². The van der Waals surface area contributed by atoms with Crippen molar-refractivity contribution in [1.29, 1.82) is 0 Å². The van der Waals surface area contributed by atoms with E-state index >= 15 is 0 Å². The average Bonchev–Trinajstić information content (AvgIpc) is 2.54. The summed E-state index contributed by atoms with van der Waals surface area (Å²) in [6.45, 7) is 2.61. The van der Waals surface area contributed by atoms with Crippen LogP contribution < -0.4 is 4.90 Å². The van der Waals surface area contributed by atoms with Crippen molar-refractivity contribution in [1.82, 2.24) is 0 Å². The Morgan fingerprint density at radius 3 is 2.83 bits per heavy atom. The van der Waals surface area contributed by atoms with Crippen molar-refractivity contribution < 1.29 is 9.72 Å². The molecule has 118 valence electrons. The van der Waals surface area contributed by atoms with Crippen molar-refractivity contribution >= 4 is 33.2 Å². The number of carbonyl (C=O) groups excluding carboxylic acids is 1. The second kappa shape index (κ2) is 6.12. The third kappa shape index (κ3) is 2.86. The van der Waals surface area contributed by atoms with Crippen LogP contribution in [0.2, 0.25) is 0 Å². The molecule has 5 nitrogen and oxygen atoms in total. The number of fused-ring (bicyclic) bond motifs is 1. The lowest BCUT2D eigenvalue weighted by molar-refractivity contribution is -0.385. The number of nitro benzene ring substituents is 1. The molecule has 0 unspecified atom stereocenters. The first-order valence-corrected chi connectivity index (χ1v) is 8.12. The van der Waals surface area contributed by atoms with E-state index in [1.807, 2.05) is 25.1 Å². The maximum Gasteiger partial charge on any atom is 0.284 e. The summed E-state index contributed by atoms with van der Waals surface area (Å²) in [5.41, 5.74) is 3.36. The third-order valence-electron chi connectivity index (χ3n) is 4.05. The molecule has 0 atom stereocenters. The highest BCUT2D eigenvalue weighted by atomic mass is 79.9. The van der Waals surface area contributed by atoms with Crippen LogP contribution in [0.3, 0.4) is 0 Å². The lowest BCUT2D eigenvalue weighted by Gasteiger charge is -2.31. The molecule has 0 bridgehead atoms. The number of hydrogen-bond acceptors (Lipinski definition) is 3. The summed E-state index contributed by atoms with van der Waals surface area (Å²) >= 11 is 3.15. The van der Waals surface area contributed by atoms with Crippen molar-refractivity contribution in [3.05, 3.63) is 67.7 Å². The minimum atomic E-state index is -0.490. The molecule has 2 aromatic rings. The number of para-hydroxylation sites is 1. The summed E-state index contributed by atoms with van der Waals surface area (Å²) < 4.78 is 0.370. The average molecular weight is 375 g/mol. The summed E-state index contributed by atoms with van der Waals surface area (Å²) in [4.78, 5) is 25.2. The first-order chi connectivity index (χ1) is 11.0. The maximum atomic E-state index is 12.9. The van der Waals surface area contributed by atoms with Gasteiger partial charge < -0.3 is 4.90 Å². The number of amides is 1. The van der Waals surface area contributed by atoms with Gasteiger partial charge in [-0.05, 0) is 59.0 Å². The Morgan fingerprint density at radius 1 is 1.30 bits per heavy atom. The first kappa shape index (κ1) is 15.7. The number of rotatable bonds is 2. The number of carbonyl (C=O) groups is 1. The molecular formula is C17H15BrN2O3. The number of anilines is 1. The van der Waals surface area contributed by atoms with Gasteiger partial charge in [-0.1, -0.05) is 18.2 Å².